The van der Waals surface area contributed by atoms with Crippen LogP contribution in [0, 0.1) is 0 Å². The van der Waals surface area contributed by atoms with Crippen LogP contribution in [0.3, 0.4) is 0 Å². The molecule has 5 nitrogen and oxygen atoms in total. The Balaban J connectivity index is 2.06. The SMILES string of the molecule is CC1=CC(=O)N(N2CCN(C)CC2)C1=O. The Morgan fingerprint density at radius 1 is 1.13 bits per heavy atom. The van der Waals surface area contributed by atoms with Crippen molar-refractivity contribution < 1.29 is 9.59 Å². The second-order valence-electron chi connectivity index (χ2n) is 4.04. The number of amides is 2. The smallest absolute Gasteiger partial charge is 0.271 e. The summed E-state index contributed by atoms with van der Waals surface area (Å²) in [6.07, 6.45) is 1.40. The Morgan fingerprint density at radius 2 is 1.73 bits per heavy atom. The number of piperazine rings is 1. The first-order valence-corrected chi connectivity index (χ1v) is 5.09. The Labute approximate surface area is 88.9 Å². The van der Waals surface area contributed by atoms with Crippen LogP contribution in [0.15, 0.2) is 11.6 Å². The Hall–Kier alpha value is -1.20. The highest BCUT2D eigenvalue weighted by atomic mass is 16.2. The summed E-state index contributed by atoms with van der Waals surface area (Å²) in [4.78, 5) is 25.4. The van der Waals surface area contributed by atoms with Crippen molar-refractivity contribution >= 4 is 11.8 Å². The normalized spacial score (nSPS) is 24.9. The van der Waals surface area contributed by atoms with E-state index in [1.807, 2.05) is 12.1 Å². The van der Waals surface area contributed by atoms with Crippen LogP contribution in [-0.2, 0) is 9.59 Å². The molecule has 0 aromatic heterocycles. The van der Waals surface area contributed by atoms with E-state index in [1.165, 1.54) is 11.1 Å². The average molecular weight is 209 g/mol. The van der Waals surface area contributed by atoms with Crippen molar-refractivity contribution in [2.24, 2.45) is 0 Å². The third-order valence-electron chi connectivity index (χ3n) is 2.84. The predicted molar refractivity (Wildman–Crippen MR) is 54.7 cm³/mol. The molecule has 2 heterocycles. The summed E-state index contributed by atoms with van der Waals surface area (Å²) in [5.74, 6) is -0.383. The molecule has 0 bridgehead atoms. The zero-order valence-corrected chi connectivity index (χ0v) is 9.06. The molecule has 5 heteroatoms. The standard InChI is InChI=1S/C10H15N3O2/c1-8-7-9(14)13(10(8)15)12-5-3-11(2)4-6-12/h7H,3-6H2,1-2H3. The molecule has 0 saturated carbocycles. The van der Waals surface area contributed by atoms with Crippen molar-refractivity contribution in [3.8, 4) is 0 Å². The maximum atomic E-state index is 11.7. The van der Waals surface area contributed by atoms with Crippen LogP contribution >= 0.6 is 0 Å². The minimum atomic E-state index is -0.206. The molecule has 2 rings (SSSR count). The molecule has 0 atom stereocenters. The number of imide groups is 1. The zero-order chi connectivity index (χ0) is 11.0. The first-order valence-electron chi connectivity index (χ1n) is 5.09. The van der Waals surface area contributed by atoms with Crippen LogP contribution in [0.5, 0.6) is 0 Å². The number of likely N-dealkylation sites (N-methyl/N-ethyl adjacent to an activating group) is 1. The van der Waals surface area contributed by atoms with Gasteiger partial charge in [0, 0.05) is 37.8 Å². The van der Waals surface area contributed by atoms with E-state index in [0.29, 0.717) is 5.57 Å². The Kier molecular flexibility index (Phi) is 2.58. The van der Waals surface area contributed by atoms with E-state index in [1.54, 1.807) is 6.92 Å². The first kappa shape index (κ1) is 10.3. The molecule has 2 aliphatic heterocycles. The van der Waals surface area contributed by atoms with Gasteiger partial charge >= 0.3 is 0 Å². The number of carbonyl (C=O) groups excluding carboxylic acids is 2. The van der Waals surface area contributed by atoms with Gasteiger partial charge in [-0.3, -0.25) is 9.59 Å². The minimum absolute atomic E-state index is 0.176. The van der Waals surface area contributed by atoms with Gasteiger partial charge in [-0.05, 0) is 14.0 Å². The van der Waals surface area contributed by atoms with E-state index >= 15 is 0 Å². The van der Waals surface area contributed by atoms with Gasteiger partial charge in [-0.15, -0.1) is 0 Å². The van der Waals surface area contributed by atoms with E-state index in [-0.39, 0.29) is 11.8 Å². The van der Waals surface area contributed by atoms with Crippen LogP contribution in [0.25, 0.3) is 0 Å². The first-order chi connectivity index (χ1) is 7.09. The lowest BCUT2D eigenvalue weighted by atomic mass is 10.3. The second-order valence-corrected chi connectivity index (χ2v) is 4.04. The number of rotatable bonds is 1. The molecule has 1 fully saturated rings. The van der Waals surface area contributed by atoms with Crippen LogP contribution in [-0.4, -0.2) is 60.0 Å². The lowest BCUT2D eigenvalue weighted by molar-refractivity contribution is -0.158. The van der Waals surface area contributed by atoms with E-state index in [0.717, 1.165) is 26.2 Å². The van der Waals surface area contributed by atoms with Gasteiger partial charge in [0.15, 0.2) is 0 Å². The fourth-order valence-corrected chi connectivity index (χ4v) is 1.84. The number of hydrogen-bond acceptors (Lipinski definition) is 4. The molecule has 2 amide bonds. The molecular weight excluding hydrogens is 194 g/mol. The highest BCUT2D eigenvalue weighted by Gasteiger charge is 2.34. The third-order valence-corrected chi connectivity index (χ3v) is 2.84. The molecule has 0 aromatic carbocycles. The van der Waals surface area contributed by atoms with Gasteiger partial charge in [0.05, 0.1) is 0 Å². The summed E-state index contributed by atoms with van der Waals surface area (Å²) in [6.45, 7) is 4.91. The molecule has 0 spiro atoms. The van der Waals surface area contributed by atoms with Crippen LogP contribution in [0.4, 0.5) is 0 Å². The molecule has 1 saturated heterocycles. The molecule has 0 unspecified atom stereocenters. The van der Waals surface area contributed by atoms with Gasteiger partial charge in [-0.2, -0.15) is 0 Å². The van der Waals surface area contributed by atoms with Crippen LogP contribution < -0.4 is 0 Å². The lowest BCUT2D eigenvalue weighted by Gasteiger charge is -2.36. The van der Waals surface area contributed by atoms with Gasteiger partial charge in [0.25, 0.3) is 11.8 Å². The number of nitrogens with zero attached hydrogens (tertiary/aromatic N) is 3. The molecule has 0 aromatic rings. The van der Waals surface area contributed by atoms with Gasteiger partial charge in [0.1, 0.15) is 0 Å². The van der Waals surface area contributed by atoms with Gasteiger partial charge in [-0.1, -0.05) is 0 Å². The summed E-state index contributed by atoms with van der Waals surface area (Å²) in [5, 5.41) is 3.10. The second kappa shape index (κ2) is 3.75. The fraction of sp³-hybridized carbons (Fsp3) is 0.600. The van der Waals surface area contributed by atoms with Gasteiger partial charge in [-0.25, -0.2) is 10.0 Å². The molecule has 2 aliphatic rings. The van der Waals surface area contributed by atoms with Crippen LogP contribution in [0.2, 0.25) is 0 Å². The Bertz CT molecular complexity index is 330. The summed E-state index contributed by atoms with van der Waals surface area (Å²) >= 11 is 0. The van der Waals surface area contributed by atoms with Crippen molar-refractivity contribution in [3.63, 3.8) is 0 Å². The Morgan fingerprint density at radius 3 is 2.20 bits per heavy atom. The topological polar surface area (TPSA) is 43.9 Å². The van der Waals surface area contributed by atoms with E-state index < -0.39 is 0 Å². The highest BCUT2D eigenvalue weighted by Crippen LogP contribution is 2.16. The summed E-state index contributed by atoms with van der Waals surface area (Å²) in [6, 6.07) is 0. The summed E-state index contributed by atoms with van der Waals surface area (Å²) in [7, 11) is 2.04. The highest BCUT2D eigenvalue weighted by molar-refractivity contribution is 6.15. The monoisotopic (exact) mass is 209 g/mol. The van der Waals surface area contributed by atoms with E-state index in [2.05, 4.69) is 4.90 Å². The van der Waals surface area contributed by atoms with E-state index in [9.17, 15) is 9.59 Å². The van der Waals surface area contributed by atoms with Crippen molar-refractivity contribution in [2.45, 2.75) is 6.92 Å². The quantitative estimate of drug-likeness (QED) is 0.544. The van der Waals surface area contributed by atoms with Crippen molar-refractivity contribution in [2.75, 3.05) is 33.2 Å². The number of hydrazine groups is 1. The van der Waals surface area contributed by atoms with Crippen molar-refractivity contribution in [1.29, 1.82) is 0 Å². The van der Waals surface area contributed by atoms with Crippen LogP contribution in [0.1, 0.15) is 6.92 Å². The maximum Gasteiger partial charge on any atom is 0.271 e. The minimum Gasteiger partial charge on any atom is -0.304 e. The molecule has 82 valence electrons. The zero-order valence-electron chi connectivity index (χ0n) is 9.06. The third kappa shape index (κ3) is 1.80. The van der Waals surface area contributed by atoms with E-state index in [4.69, 9.17) is 0 Å². The van der Waals surface area contributed by atoms with Crippen molar-refractivity contribution in [1.82, 2.24) is 14.9 Å². The number of carbonyl (C=O) groups is 2. The van der Waals surface area contributed by atoms with Gasteiger partial charge in [0.2, 0.25) is 0 Å². The predicted octanol–water partition coefficient (Wildman–Crippen LogP) is -0.536. The molecule has 0 aliphatic carbocycles. The maximum absolute atomic E-state index is 11.7. The fourth-order valence-electron chi connectivity index (χ4n) is 1.84. The largest absolute Gasteiger partial charge is 0.304 e. The number of hydrogen-bond donors (Lipinski definition) is 0. The molecule has 0 radical (unpaired) electrons. The summed E-state index contributed by atoms with van der Waals surface area (Å²) in [5.41, 5.74) is 0.527. The molecular formula is C10H15N3O2. The average Bonchev–Trinajstić information content (AvgIpc) is 2.44. The molecule has 15 heavy (non-hydrogen) atoms. The molecule has 0 N–H and O–H groups in total. The lowest BCUT2D eigenvalue weighted by Crippen LogP contribution is -2.55. The van der Waals surface area contributed by atoms with Crippen molar-refractivity contribution in [3.05, 3.63) is 11.6 Å². The van der Waals surface area contributed by atoms with Gasteiger partial charge < -0.3 is 4.90 Å². The summed E-state index contributed by atoms with van der Waals surface area (Å²) < 4.78 is 0.